The molecule has 1 heterocycles. The van der Waals surface area contributed by atoms with Gasteiger partial charge < -0.3 is 0 Å². The summed E-state index contributed by atoms with van der Waals surface area (Å²) in [4.78, 5) is 0. The summed E-state index contributed by atoms with van der Waals surface area (Å²) in [5.74, 6) is 0. The van der Waals surface area contributed by atoms with Gasteiger partial charge in [-0.15, -0.1) is 0 Å². The van der Waals surface area contributed by atoms with Crippen molar-refractivity contribution in [2.45, 2.75) is 13.8 Å². The minimum atomic E-state index is 0.486. The minimum absolute atomic E-state index is 0.486. The van der Waals surface area contributed by atoms with Crippen LogP contribution in [-0.2, 0) is 0 Å². The zero-order valence-electron chi connectivity index (χ0n) is 4.30. The number of aryl methyl sites for hydroxylation is 2. The third-order valence-corrected chi connectivity index (χ3v) is 2.21. The van der Waals surface area contributed by atoms with Crippen molar-refractivity contribution in [1.82, 2.24) is 10.2 Å². The Morgan fingerprint density at radius 2 is 1.57 bits per heavy atom. The van der Waals surface area contributed by atoms with Gasteiger partial charge in [-0.2, -0.15) is 0 Å². The molecule has 3 heteroatoms. The van der Waals surface area contributed by atoms with Gasteiger partial charge in [0.25, 0.3) is 0 Å². The molecule has 0 amide bonds. The summed E-state index contributed by atoms with van der Waals surface area (Å²) in [6.45, 7) is 4.03. The van der Waals surface area contributed by atoms with E-state index in [1.165, 1.54) is 9.14 Å². The van der Waals surface area contributed by atoms with Crippen LogP contribution in [-0.4, -0.2) is 24.7 Å². The van der Waals surface area contributed by atoms with E-state index in [1.807, 2.05) is 13.8 Å². The van der Waals surface area contributed by atoms with Gasteiger partial charge in [0, 0.05) is 0 Å². The number of hydrogen-bond donors (Lipinski definition) is 0. The van der Waals surface area contributed by atoms with E-state index in [0.29, 0.717) is 14.5 Å². The van der Waals surface area contributed by atoms with Crippen LogP contribution in [0.3, 0.4) is 0 Å². The topological polar surface area (TPSA) is 25.8 Å². The maximum absolute atomic E-state index is 3.85. The predicted molar refractivity (Wildman–Crippen MR) is 28.4 cm³/mol. The fourth-order valence-electron chi connectivity index (χ4n) is 0.395. The Kier molecular flexibility index (Phi) is 1.26. The second kappa shape index (κ2) is 1.76. The van der Waals surface area contributed by atoms with Gasteiger partial charge >= 0.3 is 47.7 Å². The molecule has 0 saturated carbocycles. The van der Waals surface area contributed by atoms with Gasteiger partial charge in [0.15, 0.2) is 0 Å². The first kappa shape index (κ1) is 5.01. The molecule has 38 valence electrons. The molecule has 0 fully saturated rings. The third-order valence-electron chi connectivity index (χ3n) is 0.627. The zero-order valence-corrected chi connectivity index (χ0v) is 6.02. The van der Waals surface area contributed by atoms with Gasteiger partial charge in [-0.3, -0.25) is 0 Å². The van der Waals surface area contributed by atoms with E-state index in [1.54, 1.807) is 0 Å². The maximum atomic E-state index is 3.85. The van der Waals surface area contributed by atoms with Crippen molar-refractivity contribution in [3.8, 4) is 0 Å². The molecule has 0 radical (unpaired) electrons. The molecule has 0 aliphatic heterocycles. The predicted octanol–water partition coefficient (Wildman–Crippen LogP) is 0.150. The first-order valence-corrected chi connectivity index (χ1v) is 3.77. The quantitative estimate of drug-likeness (QED) is 0.506. The summed E-state index contributed by atoms with van der Waals surface area (Å²) >= 11 is 0.486. The van der Waals surface area contributed by atoms with Crippen molar-refractivity contribution in [1.29, 1.82) is 0 Å². The van der Waals surface area contributed by atoms with Crippen LogP contribution in [0.25, 0.3) is 0 Å². The molecule has 0 N–H and O–H groups in total. The molecule has 0 unspecified atom stereocenters. The number of rotatable bonds is 0. The van der Waals surface area contributed by atoms with Crippen molar-refractivity contribution in [3.63, 3.8) is 0 Å². The Morgan fingerprint density at radius 1 is 1.14 bits per heavy atom. The van der Waals surface area contributed by atoms with E-state index in [-0.39, 0.29) is 0 Å². The van der Waals surface area contributed by atoms with Crippen molar-refractivity contribution in [2.24, 2.45) is 0 Å². The summed E-state index contributed by atoms with van der Waals surface area (Å²) in [7, 11) is 0. The number of hydrogen-bond acceptors (Lipinski definition) is 2. The van der Waals surface area contributed by atoms with Crippen LogP contribution >= 0.6 is 0 Å². The first-order chi connectivity index (χ1) is 3.29. The Morgan fingerprint density at radius 3 is 1.71 bits per heavy atom. The van der Waals surface area contributed by atoms with Crippen molar-refractivity contribution in [2.75, 3.05) is 0 Å². The van der Waals surface area contributed by atoms with Crippen LogP contribution in [0, 0.1) is 13.8 Å². The molecule has 1 aromatic rings. The molecule has 0 aliphatic rings. The van der Waals surface area contributed by atoms with Crippen LogP contribution < -0.4 is 0 Å². The van der Waals surface area contributed by atoms with E-state index in [9.17, 15) is 0 Å². The summed E-state index contributed by atoms with van der Waals surface area (Å²) in [5.41, 5.74) is 0. The van der Waals surface area contributed by atoms with E-state index < -0.39 is 0 Å². The number of nitrogens with zero attached hydrogens (tertiary/aromatic N) is 2. The fourth-order valence-corrected chi connectivity index (χ4v) is 1.64. The second-order valence-corrected chi connectivity index (χ2v) is 4.25. The van der Waals surface area contributed by atoms with E-state index >= 15 is 0 Å². The Balaban J connectivity index is 3.04. The molecule has 1 rings (SSSR count). The van der Waals surface area contributed by atoms with Crippen LogP contribution in [0.15, 0.2) is 0 Å². The van der Waals surface area contributed by atoms with Crippen LogP contribution in [0.2, 0.25) is 0 Å². The summed E-state index contributed by atoms with van der Waals surface area (Å²) in [6.07, 6.45) is 0. The van der Waals surface area contributed by atoms with Crippen molar-refractivity contribution in [3.05, 3.63) is 9.14 Å². The Hall–Kier alpha value is -0.141. The van der Waals surface area contributed by atoms with Crippen molar-refractivity contribution < 1.29 is 0 Å². The molecule has 0 spiro atoms. The van der Waals surface area contributed by atoms with E-state index in [4.69, 9.17) is 0 Å². The molecule has 0 aromatic carbocycles. The molecular formula is C4H6N2Se. The Bertz CT molecular complexity index is 142. The second-order valence-electron chi connectivity index (χ2n) is 1.34. The standard InChI is InChI=1S/C4H6N2Se/c1-3-5-6-4(2)7-3/h1-2H3. The first-order valence-electron chi connectivity index (χ1n) is 2.06. The van der Waals surface area contributed by atoms with Crippen LogP contribution in [0.1, 0.15) is 9.14 Å². The SMILES string of the molecule is Cc1nnc(C)[se]1. The van der Waals surface area contributed by atoms with Gasteiger partial charge in [0.2, 0.25) is 0 Å². The molecule has 0 saturated heterocycles. The molecule has 1 aromatic heterocycles. The van der Waals surface area contributed by atoms with Crippen LogP contribution in [0.4, 0.5) is 0 Å². The Labute approximate surface area is 48.3 Å². The monoisotopic (exact) mass is 162 g/mol. The normalized spacial score (nSPS) is 9.43. The summed E-state index contributed by atoms with van der Waals surface area (Å²) < 4.78 is 2.37. The van der Waals surface area contributed by atoms with Gasteiger partial charge in [0.1, 0.15) is 0 Å². The third kappa shape index (κ3) is 1.11. The van der Waals surface area contributed by atoms with Gasteiger partial charge in [0.05, 0.1) is 0 Å². The van der Waals surface area contributed by atoms with Gasteiger partial charge in [-0.25, -0.2) is 0 Å². The summed E-state index contributed by atoms with van der Waals surface area (Å²) in [5, 5.41) is 7.70. The van der Waals surface area contributed by atoms with Gasteiger partial charge in [-0.05, 0) is 0 Å². The molecular weight excluding hydrogens is 155 g/mol. The zero-order chi connectivity index (χ0) is 5.28. The fraction of sp³-hybridized carbons (Fsp3) is 0.500. The van der Waals surface area contributed by atoms with Gasteiger partial charge in [-0.1, -0.05) is 0 Å². The van der Waals surface area contributed by atoms with Crippen molar-refractivity contribution >= 4 is 14.5 Å². The molecule has 0 atom stereocenters. The average Bonchev–Trinajstić information content (AvgIpc) is 1.87. The molecule has 0 bridgehead atoms. The number of aromatic nitrogens is 2. The van der Waals surface area contributed by atoms with Crippen LogP contribution in [0.5, 0.6) is 0 Å². The summed E-state index contributed by atoms with van der Waals surface area (Å²) in [6, 6.07) is 0. The van der Waals surface area contributed by atoms with E-state index in [2.05, 4.69) is 10.2 Å². The molecule has 0 aliphatic carbocycles. The molecule has 2 nitrogen and oxygen atoms in total. The van der Waals surface area contributed by atoms with E-state index in [0.717, 1.165) is 0 Å². The average molecular weight is 161 g/mol. The molecule has 7 heavy (non-hydrogen) atoms.